The SMILES string of the molecule is CCCS(=O)(=O)Nc1ccc(F)c(-n2cc(-c3cncnc3)nn2)c1F. The van der Waals surface area contributed by atoms with Crippen LogP contribution in [-0.2, 0) is 10.0 Å². The Hall–Kier alpha value is -2.95. The van der Waals surface area contributed by atoms with Gasteiger partial charge >= 0.3 is 0 Å². The first kappa shape index (κ1) is 17.9. The Balaban J connectivity index is 2.01. The zero-order valence-corrected chi connectivity index (χ0v) is 14.4. The molecular weight excluding hydrogens is 366 g/mol. The summed E-state index contributed by atoms with van der Waals surface area (Å²) >= 11 is 0. The van der Waals surface area contributed by atoms with E-state index in [-0.39, 0.29) is 11.4 Å². The van der Waals surface area contributed by atoms with E-state index in [1.165, 1.54) is 24.9 Å². The monoisotopic (exact) mass is 380 g/mol. The molecule has 0 aliphatic carbocycles. The fraction of sp³-hybridized carbons (Fsp3) is 0.200. The summed E-state index contributed by atoms with van der Waals surface area (Å²) in [6, 6.07) is 1.97. The Morgan fingerprint density at radius 3 is 2.62 bits per heavy atom. The summed E-state index contributed by atoms with van der Waals surface area (Å²) in [6.07, 6.45) is 5.94. The van der Waals surface area contributed by atoms with Gasteiger partial charge in [-0.25, -0.2) is 31.8 Å². The number of nitrogens with zero attached hydrogens (tertiary/aromatic N) is 5. The molecule has 3 rings (SSSR count). The highest BCUT2D eigenvalue weighted by Gasteiger charge is 2.20. The molecule has 0 aliphatic rings. The smallest absolute Gasteiger partial charge is 0.232 e. The van der Waals surface area contributed by atoms with E-state index in [0.29, 0.717) is 17.7 Å². The van der Waals surface area contributed by atoms with E-state index in [4.69, 9.17) is 0 Å². The number of nitrogens with one attached hydrogen (secondary N) is 1. The van der Waals surface area contributed by atoms with Crippen LogP contribution < -0.4 is 4.72 Å². The molecule has 26 heavy (non-hydrogen) atoms. The Bertz CT molecular complexity index is 1020. The third-order valence-electron chi connectivity index (χ3n) is 3.38. The van der Waals surface area contributed by atoms with Crippen molar-refractivity contribution in [1.29, 1.82) is 0 Å². The van der Waals surface area contributed by atoms with Gasteiger partial charge in [0.05, 0.1) is 17.6 Å². The lowest BCUT2D eigenvalue weighted by atomic mass is 10.2. The van der Waals surface area contributed by atoms with Crippen molar-refractivity contribution < 1.29 is 17.2 Å². The molecular formula is C15H14F2N6O2S. The summed E-state index contributed by atoms with van der Waals surface area (Å²) in [7, 11) is -3.73. The second-order valence-corrected chi connectivity index (χ2v) is 7.20. The molecule has 0 amide bonds. The van der Waals surface area contributed by atoms with Crippen molar-refractivity contribution in [3.8, 4) is 16.9 Å². The number of benzene rings is 1. The van der Waals surface area contributed by atoms with Crippen molar-refractivity contribution in [2.24, 2.45) is 0 Å². The predicted molar refractivity (Wildman–Crippen MR) is 90.0 cm³/mol. The van der Waals surface area contributed by atoms with Gasteiger partial charge in [-0.05, 0) is 18.6 Å². The van der Waals surface area contributed by atoms with Crippen LogP contribution >= 0.6 is 0 Å². The molecule has 136 valence electrons. The van der Waals surface area contributed by atoms with Gasteiger partial charge in [0.15, 0.2) is 11.6 Å². The molecule has 0 bridgehead atoms. The van der Waals surface area contributed by atoms with Gasteiger partial charge in [0.2, 0.25) is 10.0 Å². The molecule has 0 atom stereocenters. The lowest BCUT2D eigenvalue weighted by molar-refractivity contribution is 0.558. The Labute approximate surface area is 148 Å². The molecule has 1 aromatic carbocycles. The lowest BCUT2D eigenvalue weighted by Gasteiger charge is -2.11. The standard InChI is InChI=1S/C15H14F2N6O2S/c1-2-5-26(24,25)21-12-4-3-11(16)15(14(12)17)23-8-13(20-22-23)10-6-18-9-19-7-10/h3-4,6-9,21H,2,5H2,1H3. The maximum atomic E-state index is 14.7. The minimum atomic E-state index is -3.73. The van der Waals surface area contributed by atoms with E-state index in [1.807, 2.05) is 0 Å². The largest absolute Gasteiger partial charge is 0.280 e. The number of hydrogen-bond acceptors (Lipinski definition) is 6. The quantitative estimate of drug-likeness (QED) is 0.703. The molecule has 8 nitrogen and oxygen atoms in total. The average Bonchev–Trinajstić information content (AvgIpc) is 3.08. The summed E-state index contributed by atoms with van der Waals surface area (Å²) in [5, 5.41) is 7.55. The van der Waals surface area contributed by atoms with Crippen molar-refractivity contribution >= 4 is 15.7 Å². The molecule has 2 aromatic heterocycles. The van der Waals surface area contributed by atoms with E-state index in [1.54, 1.807) is 6.92 Å². The van der Waals surface area contributed by atoms with E-state index >= 15 is 0 Å². The zero-order valence-electron chi connectivity index (χ0n) is 13.6. The molecule has 11 heteroatoms. The maximum absolute atomic E-state index is 14.7. The second kappa shape index (κ2) is 7.12. The van der Waals surface area contributed by atoms with Crippen LogP contribution in [0.15, 0.2) is 37.1 Å². The van der Waals surface area contributed by atoms with Crippen molar-refractivity contribution in [1.82, 2.24) is 25.0 Å². The highest BCUT2D eigenvalue weighted by Crippen LogP contribution is 2.26. The highest BCUT2D eigenvalue weighted by atomic mass is 32.2. The van der Waals surface area contributed by atoms with Crippen LogP contribution in [0.5, 0.6) is 0 Å². The van der Waals surface area contributed by atoms with Crippen LogP contribution in [0.4, 0.5) is 14.5 Å². The summed E-state index contributed by atoms with van der Waals surface area (Å²) in [4.78, 5) is 7.67. The molecule has 0 aliphatic heterocycles. The number of rotatable bonds is 6. The van der Waals surface area contributed by atoms with Gasteiger partial charge in [-0.15, -0.1) is 5.10 Å². The molecule has 0 radical (unpaired) electrons. The predicted octanol–water partition coefficient (Wildman–Crippen LogP) is 2.15. The van der Waals surface area contributed by atoms with Gasteiger partial charge in [-0.1, -0.05) is 12.1 Å². The van der Waals surface area contributed by atoms with Crippen LogP contribution in [0.2, 0.25) is 0 Å². The number of aromatic nitrogens is 5. The third kappa shape index (κ3) is 3.67. The van der Waals surface area contributed by atoms with Crippen LogP contribution in [0.1, 0.15) is 13.3 Å². The van der Waals surface area contributed by atoms with Crippen LogP contribution in [0.25, 0.3) is 16.9 Å². The van der Waals surface area contributed by atoms with Crippen molar-refractivity contribution in [3.63, 3.8) is 0 Å². The third-order valence-corrected chi connectivity index (χ3v) is 4.86. The van der Waals surface area contributed by atoms with Gasteiger partial charge in [0, 0.05) is 18.0 Å². The summed E-state index contributed by atoms with van der Waals surface area (Å²) in [5.41, 5.74) is -0.0898. The van der Waals surface area contributed by atoms with Crippen molar-refractivity contribution in [2.75, 3.05) is 10.5 Å². The Kier molecular flexibility index (Phi) is 4.89. The maximum Gasteiger partial charge on any atom is 0.232 e. The van der Waals surface area contributed by atoms with Crippen molar-refractivity contribution in [2.45, 2.75) is 13.3 Å². The van der Waals surface area contributed by atoms with E-state index < -0.39 is 27.3 Å². The fourth-order valence-electron chi connectivity index (χ4n) is 2.25. The van der Waals surface area contributed by atoms with Gasteiger partial charge in [0.25, 0.3) is 0 Å². The molecule has 0 spiro atoms. The lowest BCUT2D eigenvalue weighted by Crippen LogP contribution is -2.18. The minimum absolute atomic E-state index is 0.180. The van der Waals surface area contributed by atoms with Crippen molar-refractivity contribution in [3.05, 3.63) is 48.7 Å². The number of hydrogen-bond donors (Lipinski definition) is 1. The first-order valence-electron chi connectivity index (χ1n) is 7.58. The molecule has 0 fully saturated rings. The minimum Gasteiger partial charge on any atom is -0.280 e. The van der Waals surface area contributed by atoms with Gasteiger partial charge in [-0.3, -0.25) is 4.72 Å². The van der Waals surface area contributed by atoms with Crippen LogP contribution in [-0.4, -0.2) is 39.1 Å². The second-order valence-electron chi connectivity index (χ2n) is 5.35. The average molecular weight is 380 g/mol. The zero-order chi connectivity index (χ0) is 18.7. The molecule has 0 saturated carbocycles. The first-order chi connectivity index (χ1) is 12.4. The fourth-order valence-corrected chi connectivity index (χ4v) is 3.39. The molecule has 0 unspecified atom stereocenters. The topological polar surface area (TPSA) is 103 Å². The number of sulfonamides is 1. The first-order valence-corrected chi connectivity index (χ1v) is 9.23. The van der Waals surface area contributed by atoms with E-state index in [0.717, 1.165) is 16.8 Å². The summed E-state index contributed by atoms with van der Waals surface area (Å²) < 4.78 is 55.6. The van der Waals surface area contributed by atoms with Gasteiger partial charge in [-0.2, -0.15) is 0 Å². The Morgan fingerprint density at radius 1 is 1.19 bits per heavy atom. The normalized spacial score (nSPS) is 11.5. The summed E-state index contributed by atoms with van der Waals surface area (Å²) in [5.74, 6) is -2.19. The number of anilines is 1. The summed E-state index contributed by atoms with van der Waals surface area (Å²) in [6.45, 7) is 1.68. The van der Waals surface area contributed by atoms with Gasteiger partial charge < -0.3 is 0 Å². The van der Waals surface area contributed by atoms with E-state index in [9.17, 15) is 17.2 Å². The van der Waals surface area contributed by atoms with Gasteiger partial charge in [0.1, 0.15) is 17.7 Å². The molecule has 0 saturated heterocycles. The van der Waals surface area contributed by atoms with Crippen LogP contribution in [0.3, 0.4) is 0 Å². The molecule has 3 aromatic rings. The molecule has 2 heterocycles. The van der Waals surface area contributed by atoms with Crippen LogP contribution in [0, 0.1) is 11.6 Å². The highest BCUT2D eigenvalue weighted by molar-refractivity contribution is 7.92. The molecule has 1 N–H and O–H groups in total. The Morgan fingerprint density at radius 2 is 1.92 bits per heavy atom. The van der Waals surface area contributed by atoms with E-state index in [2.05, 4.69) is 25.0 Å². The number of halogens is 2.